The molecule has 28 heavy (non-hydrogen) atoms. The monoisotopic (exact) mass is 381 g/mol. The number of hydrogen-bond acceptors (Lipinski definition) is 4. The van der Waals surface area contributed by atoms with E-state index in [4.69, 9.17) is 4.74 Å². The van der Waals surface area contributed by atoms with Gasteiger partial charge in [-0.25, -0.2) is 0 Å². The molecule has 0 atom stereocenters. The second kappa shape index (κ2) is 8.44. The first-order chi connectivity index (χ1) is 13.3. The van der Waals surface area contributed by atoms with Crippen LogP contribution in [0.5, 0.6) is 0 Å². The normalized spacial score (nSPS) is 14.5. The molecule has 1 aliphatic heterocycles. The van der Waals surface area contributed by atoms with Gasteiger partial charge < -0.3 is 20.3 Å². The molecule has 0 saturated carbocycles. The Bertz CT molecular complexity index is 835. The van der Waals surface area contributed by atoms with E-state index in [9.17, 15) is 9.59 Å². The van der Waals surface area contributed by atoms with Crippen LogP contribution in [0.25, 0.3) is 0 Å². The van der Waals surface area contributed by atoms with E-state index in [2.05, 4.69) is 36.3 Å². The zero-order valence-electron chi connectivity index (χ0n) is 16.6. The Balaban J connectivity index is 1.65. The number of nitrogens with zero attached hydrogens (tertiary/aromatic N) is 1. The van der Waals surface area contributed by atoms with Crippen LogP contribution in [0.2, 0.25) is 0 Å². The third-order valence-corrected chi connectivity index (χ3v) is 4.72. The van der Waals surface area contributed by atoms with E-state index in [0.29, 0.717) is 24.6 Å². The van der Waals surface area contributed by atoms with Crippen LogP contribution in [0.3, 0.4) is 0 Å². The van der Waals surface area contributed by atoms with E-state index in [-0.39, 0.29) is 5.41 Å². The van der Waals surface area contributed by atoms with Crippen molar-refractivity contribution in [2.45, 2.75) is 26.2 Å². The summed E-state index contributed by atoms with van der Waals surface area (Å²) in [6.07, 6.45) is 0. The lowest BCUT2D eigenvalue weighted by Gasteiger charge is -2.30. The number of ether oxygens (including phenoxy) is 1. The molecule has 0 radical (unpaired) electrons. The van der Waals surface area contributed by atoms with Gasteiger partial charge in [-0.15, -0.1) is 0 Å². The fourth-order valence-electron chi connectivity index (χ4n) is 3.08. The van der Waals surface area contributed by atoms with Gasteiger partial charge in [0.15, 0.2) is 0 Å². The minimum Gasteiger partial charge on any atom is -0.378 e. The summed E-state index contributed by atoms with van der Waals surface area (Å²) in [5.74, 6) is -1.39. The highest BCUT2D eigenvalue weighted by molar-refractivity contribution is 6.43. The van der Waals surface area contributed by atoms with Crippen LogP contribution in [-0.2, 0) is 19.7 Å². The second-order valence-electron chi connectivity index (χ2n) is 7.85. The number of amides is 2. The highest BCUT2D eigenvalue weighted by Gasteiger charge is 2.19. The summed E-state index contributed by atoms with van der Waals surface area (Å²) < 4.78 is 5.38. The van der Waals surface area contributed by atoms with Crippen molar-refractivity contribution in [3.8, 4) is 0 Å². The molecule has 1 heterocycles. The van der Waals surface area contributed by atoms with E-state index >= 15 is 0 Å². The molecule has 0 aliphatic carbocycles. The molecule has 2 aromatic rings. The maximum atomic E-state index is 12.4. The van der Waals surface area contributed by atoms with E-state index in [1.807, 2.05) is 42.5 Å². The minimum atomic E-state index is -0.694. The zero-order valence-corrected chi connectivity index (χ0v) is 16.6. The van der Waals surface area contributed by atoms with Crippen molar-refractivity contribution in [2.75, 3.05) is 41.8 Å². The quantitative estimate of drug-likeness (QED) is 0.800. The Morgan fingerprint density at radius 1 is 0.893 bits per heavy atom. The number of nitrogens with one attached hydrogen (secondary N) is 2. The molecule has 1 saturated heterocycles. The summed E-state index contributed by atoms with van der Waals surface area (Å²) in [6.45, 7) is 9.17. The van der Waals surface area contributed by atoms with Crippen molar-refractivity contribution >= 4 is 28.9 Å². The van der Waals surface area contributed by atoms with Crippen molar-refractivity contribution in [3.05, 3.63) is 54.1 Å². The van der Waals surface area contributed by atoms with Gasteiger partial charge in [0.05, 0.1) is 24.6 Å². The molecule has 1 fully saturated rings. The van der Waals surface area contributed by atoms with Gasteiger partial charge in [0, 0.05) is 18.8 Å². The van der Waals surface area contributed by atoms with Gasteiger partial charge in [0.1, 0.15) is 0 Å². The average Bonchev–Trinajstić information content (AvgIpc) is 2.69. The van der Waals surface area contributed by atoms with Crippen molar-refractivity contribution in [3.63, 3.8) is 0 Å². The summed E-state index contributed by atoms with van der Waals surface area (Å²) in [5, 5.41) is 5.39. The van der Waals surface area contributed by atoms with Crippen molar-refractivity contribution in [2.24, 2.45) is 0 Å². The van der Waals surface area contributed by atoms with Gasteiger partial charge in [-0.2, -0.15) is 0 Å². The van der Waals surface area contributed by atoms with Gasteiger partial charge in [0.2, 0.25) is 0 Å². The Labute approximate surface area is 165 Å². The van der Waals surface area contributed by atoms with Crippen LogP contribution in [0.1, 0.15) is 26.3 Å². The lowest BCUT2D eigenvalue weighted by atomic mass is 9.87. The predicted octanol–water partition coefficient (Wildman–Crippen LogP) is 3.40. The molecule has 0 aromatic heterocycles. The van der Waals surface area contributed by atoms with Gasteiger partial charge in [-0.1, -0.05) is 45.0 Å². The SMILES string of the molecule is CC(C)(C)c1ccc(NC(=O)C(=O)Nc2ccccc2N2CCOCC2)cc1. The Morgan fingerprint density at radius 3 is 2.14 bits per heavy atom. The van der Waals surface area contributed by atoms with Crippen molar-refractivity contribution < 1.29 is 14.3 Å². The van der Waals surface area contributed by atoms with Crippen LogP contribution >= 0.6 is 0 Å². The summed E-state index contributed by atoms with van der Waals surface area (Å²) in [6, 6.07) is 15.0. The third kappa shape index (κ3) is 4.89. The molecular formula is C22H27N3O3. The molecular weight excluding hydrogens is 354 g/mol. The van der Waals surface area contributed by atoms with Crippen LogP contribution in [0.4, 0.5) is 17.1 Å². The number of hydrogen-bond donors (Lipinski definition) is 2. The molecule has 6 nitrogen and oxygen atoms in total. The largest absolute Gasteiger partial charge is 0.378 e. The maximum Gasteiger partial charge on any atom is 0.314 e. The summed E-state index contributed by atoms with van der Waals surface area (Å²) in [5.41, 5.74) is 3.29. The topological polar surface area (TPSA) is 70.7 Å². The lowest BCUT2D eigenvalue weighted by Crippen LogP contribution is -2.37. The second-order valence-corrected chi connectivity index (χ2v) is 7.85. The minimum absolute atomic E-state index is 0.0309. The standard InChI is InChI=1S/C22H27N3O3/c1-22(2,3)16-8-10-17(11-9-16)23-20(26)21(27)24-18-6-4-5-7-19(18)25-12-14-28-15-13-25/h4-11H,12-15H2,1-3H3,(H,23,26)(H,24,27). The number of benzene rings is 2. The third-order valence-electron chi connectivity index (χ3n) is 4.72. The molecule has 0 bridgehead atoms. The average molecular weight is 381 g/mol. The van der Waals surface area contributed by atoms with Gasteiger partial charge in [-0.3, -0.25) is 9.59 Å². The Hall–Kier alpha value is -2.86. The summed E-state index contributed by atoms with van der Waals surface area (Å²) in [4.78, 5) is 26.9. The van der Waals surface area contributed by atoms with E-state index in [0.717, 1.165) is 24.3 Å². The molecule has 3 rings (SSSR count). The van der Waals surface area contributed by atoms with Crippen molar-refractivity contribution in [1.29, 1.82) is 0 Å². The lowest BCUT2D eigenvalue weighted by molar-refractivity contribution is -0.132. The number of anilines is 3. The highest BCUT2D eigenvalue weighted by atomic mass is 16.5. The van der Waals surface area contributed by atoms with E-state index < -0.39 is 11.8 Å². The number of para-hydroxylation sites is 2. The molecule has 0 unspecified atom stereocenters. The van der Waals surface area contributed by atoms with E-state index in [1.165, 1.54) is 0 Å². The number of carbonyl (C=O) groups is 2. The van der Waals surface area contributed by atoms with Gasteiger partial charge in [0.25, 0.3) is 0 Å². The van der Waals surface area contributed by atoms with E-state index in [1.54, 1.807) is 6.07 Å². The van der Waals surface area contributed by atoms with Gasteiger partial charge >= 0.3 is 11.8 Å². The van der Waals surface area contributed by atoms with Crippen LogP contribution in [0.15, 0.2) is 48.5 Å². The molecule has 2 N–H and O–H groups in total. The Morgan fingerprint density at radius 2 is 1.50 bits per heavy atom. The number of rotatable bonds is 3. The first-order valence-electron chi connectivity index (χ1n) is 9.49. The smallest absolute Gasteiger partial charge is 0.314 e. The molecule has 1 aliphatic rings. The summed E-state index contributed by atoms with van der Waals surface area (Å²) >= 11 is 0. The van der Waals surface area contributed by atoms with Crippen LogP contribution in [0, 0.1) is 0 Å². The highest BCUT2D eigenvalue weighted by Crippen LogP contribution is 2.26. The summed E-state index contributed by atoms with van der Waals surface area (Å²) in [7, 11) is 0. The fourth-order valence-corrected chi connectivity index (χ4v) is 3.08. The zero-order chi connectivity index (χ0) is 20.1. The van der Waals surface area contributed by atoms with Crippen molar-refractivity contribution in [1.82, 2.24) is 0 Å². The fraction of sp³-hybridized carbons (Fsp3) is 0.364. The molecule has 0 spiro atoms. The molecule has 6 heteroatoms. The first-order valence-corrected chi connectivity index (χ1v) is 9.49. The maximum absolute atomic E-state index is 12.4. The first kappa shape index (κ1) is 19.9. The molecule has 2 amide bonds. The molecule has 148 valence electrons. The Kier molecular flexibility index (Phi) is 5.99. The van der Waals surface area contributed by atoms with Crippen LogP contribution in [-0.4, -0.2) is 38.1 Å². The van der Waals surface area contributed by atoms with Gasteiger partial charge in [-0.05, 0) is 35.2 Å². The molecule has 2 aromatic carbocycles. The number of carbonyl (C=O) groups excluding carboxylic acids is 2. The van der Waals surface area contributed by atoms with Crippen LogP contribution < -0.4 is 15.5 Å². The number of morpholine rings is 1. The predicted molar refractivity (Wildman–Crippen MR) is 112 cm³/mol.